The number of likely N-dealkylation sites (N-methyl/N-ethyl adjacent to an activating group) is 1. The molecule has 0 unspecified atom stereocenters. The zero-order valence-electron chi connectivity index (χ0n) is 15.7. The van der Waals surface area contributed by atoms with Crippen molar-refractivity contribution in [1.29, 1.82) is 5.26 Å². The number of nitrogens with one attached hydrogen (secondary N) is 2. The van der Waals surface area contributed by atoms with E-state index in [-0.39, 0.29) is 5.57 Å². The Balaban J connectivity index is 1.60. The Morgan fingerprint density at radius 3 is 2.25 bits per heavy atom. The van der Waals surface area contributed by atoms with Crippen LogP contribution in [0.1, 0.15) is 0 Å². The highest BCUT2D eigenvalue weighted by Gasteiger charge is 2.14. The number of benzene rings is 2. The van der Waals surface area contributed by atoms with Crippen molar-refractivity contribution in [2.75, 3.05) is 48.8 Å². The molecule has 7 heteroatoms. The molecule has 0 spiro atoms. The van der Waals surface area contributed by atoms with E-state index >= 15 is 0 Å². The molecule has 1 heterocycles. The fourth-order valence-electron chi connectivity index (χ4n) is 2.87. The lowest BCUT2D eigenvalue weighted by Crippen LogP contribution is -2.44. The van der Waals surface area contributed by atoms with Gasteiger partial charge in [-0.2, -0.15) is 5.26 Å². The summed E-state index contributed by atoms with van der Waals surface area (Å²) in [6.45, 7) is 4.12. The zero-order valence-corrected chi connectivity index (χ0v) is 16.4. The van der Waals surface area contributed by atoms with E-state index in [2.05, 4.69) is 27.5 Å². The Bertz CT molecular complexity index is 879. The van der Waals surface area contributed by atoms with Gasteiger partial charge in [-0.3, -0.25) is 4.79 Å². The second-order valence-corrected chi connectivity index (χ2v) is 7.05. The highest BCUT2D eigenvalue weighted by Crippen LogP contribution is 2.20. The summed E-state index contributed by atoms with van der Waals surface area (Å²) >= 11 is 5.83. The molecule has 0 atom stereocenters. The fourth-order valence-corrected chi connectivity index (χ4v) is 2.99. The summed E-state index contributed by atoms with van der Waals surface area (Å²) in [5.41, 5.74) is 2.54. The van der Waals surface area contributed by atoms with E-state index in [0.29, 0.717) is 10.7 Å². The maximum absolute atomic E-state index is 12.3. The Kier molecular flexibility index (Phi) is 6.53. The molecule has 0 bridgehead atoms. The Morgan fingerprint density at radius 1 is 1.04 bits per heavy atom. The van der Waals surface area contributed by atoms with E-state index < -0.39 is 5.91 Å². The average molecular weight is 396 g/mol. The SMILES string of the molecule is CN1CCN(c2ccc(N/C=C(/C#N)C(=O)Nc3ccc(Cl)cc3)cc2)CC1. The maximum atomic E-state index is 12.3. The number of nitrogens with zero attached hydrogens (tertiary/aromatic N) is 3. The van der Waals surface area contributed by atoms with Crippen LogP contribution in [0.4, 0.5) is 17.1 Å². The van der Waals surface area contributed by atoms with Crippen molar-refractivity contribution in [2.24, 2.45) is 0 Å². The lowest BCUT2D eigenvalue weighted by molar-refractivity contribution is -0.112. The smallest absolute Gasteiger partial charge is 0.267 e. The van der Waals surface area contributed by atoms with Gasteiger partial charge >= 0.3 is 0 Å². The molecule has 2 aromatic carbocycles. The maximum Gasteiger partial charge on any atom is 0.267 e. The fraction of sp³-hybridized carbons (Fsp3) is 0.238. The molecule has 2 aromatic rings. The van der Waals surface area contributed by atoms with Gasteiger partial charge in [0.1, 0.15) is 11.6 Å². The molecule has 0 aliphatic carbocycles. The Hall–Kier alpha value is -3.01. The van der Waals surface area contributed by atoms with Crippen molar-refractivity contribution in [2.45, 2.75) is 0 Å². The second kappa shape index (κ2) is 9.27. The number of carbonyl (C=O) groups is 1. The molecule has 0 radical (unpaired) electrons. The molecule has 1 aliphatic heterocycles. The number of halogens is 1. The van der Waals surface area contributed by atoms with Gasteiger partial charge < -0.3 is 20.4 Å². The largest absolute Gasteiger partial charge is 0.369 e. The molecule has 2 N–H and O–H groups in total. The van der Waals surface area contributed by atoms with Crippen LogP contribution in [0, 0.1) is 11.3 Å². The molecular formula is C21H22ClN5O. The van der Waals surface area contributed by atoms with E-state index in [1.807, 2.05) is 30.3 Å². The number of hydrogen-bond donors (Lipinski definition) is 2. The van der Waals surface area contributed by atoms with Gasteiger partial charge in [-0.05, 0) is 55.6 Å². The zero-order chi connectivity index (χ0) is 19.9. The van der Waals surface area contributed by atoms with E-state index in [4.69, 9.17) is 11.6 Å². The predicted molar refractivity (Wildman–Crippen MR) is 114 cm³/mol. The van der Waals surface area contributed by atoms with Crippen LogP contribution in [-0.2, 0) is 4.79 Å². The van der Waals surface area contributed by atoms with Crippen molar-refractivity contribution < 1.29 is 4.79 Å². The highest BCUT2D eigenvalue weighted by atomic mass is 35.5. The lowest BCUT2D eigenvalue weighted by atomic mass is 10.2. The third-order valence-corrected chi connectivity index (χ3v) is 4.84. The summed E-state index contributed by atoms with van der Waals surface area (Å²) in [5.74, 6) is -0.480. The van der Waals surface area contributed by atoms with Gasteiger partial charge in [0.2, 0.25) is 0 Å². The Labute approximate surface area is 170 Å². The number of hydrogen-bond acceptors (Lipinski definition) is 5. The number of carbonyl (C=O) groups excluding carboxylic acids is 1. The highest BCUT2D eigenvalue weighted by molar-refractivity contribution is 6.30. The molecule has 1 amide bonds. The van der Waals surface area contributed by atoms with Gasteiger partial charge in [-0.25, -0.2) is 0 Å². The first kappa shape index (κ1) is 19.7. The van der Waals surface area contributed by atoms with Gasteiger partial charge in [-0.15, -0.1) is 0 Å². The third kappa shape index (κ3) is 5.26. The number of piperazine rings is 1. The molecule has 6 nitrogen and oxygen atoms in total. The standard InChI is InChI=1S/C21H22ClN5O/c1-26-10-12-27(13-11-26)20-8-6-18(7-9-20)24-15-16(14-23)21(28)25-19-4-2-17(22)3-5-19/h2-9,15,24H,10-13H2,1H3,(H,25,28)/b16-15-. The summed E-state index contributed by atoms with van der Waals surface area (Å²) in [4.78, 5) is 16.9. The molecule has 1 fully saturated rings. The van der Waals surface area contributed by atoms with Crippen LogP contribution in [-0.4, -0.2) is 44.0 Å². The van der Waals surface area contributed by atoms with Crippen molar-refractivity contribution in [3.63, 3.8) is 0 Å². The van der Waals surface area contributed by atoms with Crippen LogP contribution in [0.2, 0.25) is 5.02 Å². The number of rotatable bonds is 5. The number of anilines is 3. The minimum atomic E-state index is -0.480. The van der Waals surface area contributed by atoms with Crippen molar-refractivity contribution in [1.82, 2.24) is 4.90 Å². The molecule has 1 aliphatic rings. The topological polar surface area (TPSA) is 71.4 Å². The van der Waals surface area contributed by atoms with Crippen LogP contribution >= 0.6 is 11.6 Å². The molecule has 1 saturated heterocycles. The van der Waals surface area contributed by atoms with Gasteiger partial charge in [0.05, 0.1) is 0 Å². The van der Waals surface area contributed by atoms with Crippen molar-refractivity contribution >= 4 is 34.6 Å². The lowest BCUT2D eigenvalue weighted by Gasteiger charge is -2.34. The molecule has 28 heavy (non-hydrogen) atoms. The van der Waals surface area contributed by atoms with Gasteiger partial charge in [0, 0.05) is 54.5 Å². The first-order valence-corrected chi connectivity index (χ1v) is 9.40. The van der Waals surface area contributed by atoms with Crippen LogP contribution in [0.25, 0.3) is 0 Å². The predicted octanol–water partition coefficient (Wildman–Crippen LogP) is 3.55. The molecule has 3 rings (SSSR count). The summed E-state index contributed by atoms with van der Waals surface area (Å²) in [6, 6.07) is 16.6. The molecule has 0 aromatic heterocycles. The van der Waals surface area contributed by atoms with E-state index in [1.54, 1.807) is 24.3 Å². The number of amides is 1. The minimum Gasteiger partial charge on any atom is -0.369 e. The number of nitriles is 1. The van der Waals surface area contributed by atoms with Crippen LogP contribution in [0.5, 0.6) is 0 Å². The third-order valence-electron chi connectivity index (χ3n) is 4.59. The van der Waals surface area contributed by atoms with Crippen LogP contribution in [0.3, 0.4) is 0 Å². The molecular weight excluding hydrogens is 374 g/mol. The molecule has 144 valence electrons. The van der Waals surface area contributed by atoms with Crippen molar-refractivity contribution in [3.8, 4) is 6.07 Å². The summed E-state index contributed by atoms with van der Waals surface area (Å²) in [7, 11) is 2.13. The van der Waals surface area contributed by atoms with Gasteiger partial charge in [0.25, 0.3) is 5.91 Å². The van der Waals surface area contributed by atoms with E-state index in [9.17, 15) is 10.1 Å². The van der Waals surface area contributed by atoms with Gasteiger partial charge in [-0.1, -0.05) is 11.6 Å². The van der Waals surface area contributed by atoms with E-state index in [1.165, 1.54) is 11.9 Å². The summed E-state index contributed by atoms with van der Waals surface area (Å²) < 4.78 is 0. The molecule has 0 saturated carbocycles. The van der Waals surface area contributed by atoms with Gasteiger partial charge in [0.15, 0.2) is 0 Å². The monoisotopic (exact) mass is 395 g/mol. The van der Waals surface area contributed by atoms with E-state index in [0.717, 1.165) is 31.9 Å². The normalized spacial score (nSPS) is 15.0. The first-order chi connectivity index (χ1) is 13.5. The summed E-state index contributed by atoms with van der Waals surface area (Å²) in [6.07, 6.45) is 1.41. The average Bonchev–Trinajstić information content (AvgIpc) is 2.71. The van der Waals surface area contributed by atoms with Crippen molar-refractivity contribution in [3.05, 3.63) is 65.3 Å². The second-order valence-electron chi connectivity index (χ2n) is 6.61. The first-order valence-electron chi connectivity index (χ1n) is 9.02. The quantitative estimate of drug-likeness (QED) is 0.598. The van der Waals surface area contributed by atoms with Crippen LogP contribution < -0.4 is 15.5 Å². The summed E-state index contributed by atoms with van der Waals surface area (Å²) in [5, 5.41) is 15.5. The van der Waals surface area contributed by atoms with Crippen LogP contribution in [0.15, 0.2) is 60.3 Å². The Morgan fingerprint density at radius 2 is 1.64 bits per heavy atom. The minimum absolute atomic E-state index is 0.0157.